The largest absolute Gasteiger partial charge is 0.363 e. The molecule has 0 aliphatic heterocycles. The molecule has 1 aromatic carbocycles. The van der Waals surface area contributed by atoms with Crippen molar-refractivity contribution in [3.63, 3.8) is 0 Å². The predicted molar refractivity (Wildman–Crippen MR) is 61.7 cm³/mol. The Morgan fingerprint density at radius 1 is 1.35 bits per heavy atom. The zero-order valence-corrected chi connectivity index (χ0v) is 9.07. The maximum atomic E-state index is 11.0. The molecule has 0 unspecified atom stereocenters. The molecule has 0 aliphatic rings. The van der Waals surface area contributed by atoms with Gasteiger partial charge >= 0.3 is 12.1 Å². The molecule has 17 heavy (non-hydrogen) atoms. The van der Waals surface area contributed by atoms with Crippen LogP contribution in [0.25, 0.3) is 0 Å². The molecule has 0 radical (unpaired) electrons. The monoisotopic (exact) mass is 236 g/mol. The maximum absolute atomic E-state index is 11.0. The molecule has 0 bridgehead atoms. The summed E-state index contributed by atoms with van der Waals surface area (Å²) in [5.74, 6) is 4.94. The first-order valence-corrected chi connectivity index (χ1v) is 4.63. The second-order valence-corrected chi connectivity index (χ2v) is 3.17. The Bertz CT molecular complexity index is 459. The predicted octanol–water partition coefficient (Wildman–Crippen LogP) is 1.55. The van der Waals surface area contributed by atoms with Crippen LogP contribution in [-0.2, 0) is 0 Å². The molecule has 90 valence electrons. The number of nitrogens with two attached hydrogens (primary N) is 1. The zero-order valence-electron chi connectivity index (χ0n) is 9.07. The lowest BCUT2D eigenvalue weighted by Crippen LogP contribution is -2.34. The maximum Gasteiger partial charge on any atom is 0.363 e. The number of nitrogens with zero attached hydrogens (tertiary/aromatic N) is 1. The average molecular weight is 236 g/mol. The van der Waals surface area contributed by atoms with E-state index in [1.165, 1.54) is 6.07 Å². The molecule has 6 N–H and O–H groups in total. The summed E-state index contributed by atoms with van der Waals surface area (Å²) in [6.45, 7) is 1.78. The molecule has 8 heteroatoms. The Morgan fingerprint density at radius 2 is 2.06 bits per heavy atom. The first-order valence-electron chi connectivity index (χ1n) is 4.63. The fourth-order valence-corrected chi connectivity index (χ4v) is 1.14. The normalized spacial score (nSPS) is 9.29. The molecule has 0 spiro atoms. The van der Waals surface area contributed by atoms with Crippen LogP contribution in [0, 0.1) is 12.5 Å². The Labute approximate surface area is 97.0 Å². The number of carbonyl (C=O) groups is 2. The summed E-state index contributed by atoms with van der Waals surface area (Å²) >= 11 is 0. The summed E-state index contributed by atoms with van der Waals surface area (Å²) in [6.07, 6.45) is 0. The van der Waals surface area contributed by atoms with Crippen LogP contribution in [0.1, 0.15) is 5.56 Å². The summed E-state index contributed by atoms with van der Waals surface area (Å²) in [7, 11) is 0. The minimum absolute atomic E-state index is 0.420. The molecule has 0 aliphatic carbocycles. The number of amides is 4. The molecule has 0 atom stereocenters. The Hall–Kier alpha value is -2.48. The zero-order chi connectivity index (χ0) is 12.8. The van der Waals surface area contributed by atoms with E-state index in [0.717, 1.165) is 5.56 Å². The van der Waals surface area contributed by atoms with Gasteiger partial charge in [0.05, 0.1) is 0 Å². The van der Waals surface area contributed by atoms with Gasteiger partial charge in [0.2, 0.25) is 0 Å². The van der Waals surface area contributed by atoms with E-state index in [4.69, 9.17) is 11.4 Å². The number of hydrogen-bond acceptors (Lipinski definition) is 4. The highest BCUT2D eigenvalue weighted by Crippen LogP contribution is 2.20. The van der Waals surface area contributed by atoms with Crippen LogP contribution in [-0.4, -0.2) is 12.1 Å². The molecule has 0 fully saturated rings. The van der Waals surface area contributed by atoms with E-state index in [1.807, 2.05) is 5.43 Å². The summed E-state index contributed by atoms with van der Waals surface area (Å²) in [6, 6.07) is 3.51. The van der Waals surface area contributed by atoms with Gasteiger partial charge in [-0.3, -0.25) is 5.43 Å². The van der Waals surface area contributed by atoms with Crippen LogP contribution in [0.4, 0.5) is 21.0 Å². The number of nitrogens with one attached hydrogen (secondary N) is 4. The fraction of sp³-hybridized carbons (Fsp3) is 0.111. The molecular formula is C9H12N6O2. The van der Waals surface area contributed by atoms with Crippen LogP contribution >= 0.6 is 0 Å². The average Bonchev–Trinajstić information content (AvgIpc) is 2.33. The number of rotatable bonds is 2. The molecular weight excluding hydrogens is 224 g/mol. The van der Waals surface area contributed by atoms with Crippen LogP contribution in [0.15, 0.2) is 23.3 Å². The number of urea groups is 2. The van der Waals surface area contributed by atoms with E-state index in [2.05, 4.69) is 15.7 Å². The van der Waals surface area contributed by atoms with E-state index in [-0.39, 0.29) is 0 Å². The van der Waals surface area contributed by atoms with Gasteiger partial charge < -0.3 is 10.6 Å². The highest BCUT2D eigenvalue weighted by atomic mass is 16.2. The third-order valence-electron chi connectivity index (χ3n) is 1.97. The number of benzene rings is 1. The lowest BCUT2D eigenvalue weighted by molar-refractivity contribution is 0.252. The quantitative estimate of drug-likeness (QED) is 0.231. The van der Waals surface area contributed by atoms with Gasteiger partial charge in [-0.1, -0.05) is 11.2 Å². The lowest BCUT2D eigenvalue weighted by Gasteiger charge is -2.09. The van der Waals surface area contributed by atoms with Crippen molar-refractivity contribution >= 4 is 23.4 Å². The van der Waals surface area contributed by atoms with Gasteiger partial charge in [0.25, 0.3) is 0 Å². The summed E-state index contributed by atoms with van der Waals surface area (Å²) in [5, 5.41) is 7.54. The van der Waals surface area contributed by atoms with Crippen molar-refractivity contribution in [2.24, 2.45) is 11.0 Å². The SMILES string of the molecule is Cc1ccc(NC(=O)N=N)cc1NC(=O)NN. The molecule has 4 amide bonds. The van der Waals surface area contributed by atoms with E-state index in [9.17, 15) is 9.59 Å². The summed E-state index contributed by atoms with van der Waals surface area (Å²) in [4.78, 5) is 21.9. The van der Waals surface area contributed by atoms with Crippen molar-refractivity contribution in [2.45, 2.75) is 6.92 Å². The van der Waals surface area contributed by atoms with Crippen molar-refractivity contribution in [3.8, 4) is 0 Å². The van der Waals surface area contributed by atoms with Crippen molar-refractivity contribution in [2.75, 3.05) is 10.6 Å². The molecule has 0 saturated carbocycles. The van der Waals surface area contributed by atoms with Gasteiger partial charge in [0.1, 0.15) is 0 Å². The molecule has 0 heterocycles. The smallest absolute Gasteiger partial charge is 0.307 e. The van der Waals surface area contributed by atoms with Crippen LogP contribution in [0.3, 0.4) is 0 Å². The number of hydrazine groups is 1. The van der Waals surface area contributed by atoms with E-state index < -0.39 is 12.1 Å². The van der Waals surface area contributed by atoms with Gasteiger partial charge in [-0.05, 0) is 24.6 Å². The van der Waals surface area contributed by atoms with Crippen molar-refractivity contribution in [1.82, 2.24) is 5.43 Å². The standard InChI is InChI=1S/C9H12N6O2/c1-5-2-3-6(12-8(16)14-10)4-7(5)13-9(17)15-11/h2-4,10H,11H2,1H3,(H,12,16)(H2,13,15,17). The van der Waals surface area contributed by atoms with Gasteiger partial charge in [0, 0.05) is 11.4 Å². The minimum atomic E-state index is -0.789. The van der Waals surface area contributed by atoms with Gasteiger partial charge in [0.15, 0.2) is 0 Å². The molecule has 1 rings (SSSR count). The Balaban J connectivity index is 2.89. The van der Waals surface area contributed by atoms with Crippen molar-refractivity contribution < 1.29 is 9.59 Å². The first kappa shape index (κ1) is 12.6. The van der Waals surface area contributed by atoms with Crippen LogP contribution in [0.5, 0.6) is 0 Å². The summed E-state index contributed by atoms with van der Waals surface area (Å²) < 4.78 is 0. The lowest BCUT2D eigenvalue weighted by atomic mass is 10.2. The third-order valence-corrected chi connectivity index (χ3v) is 1.97. The molecule has 8 nitrogen and oxygen atoms in total. The van der Waals surface area contributed by atoms with Gasteiger partial charge in [-0.2, -0.15) is 5.53 Å². The van der Waals surface area contributed by atoms with Gasteiger partial charge in [-0.15, -0.1) is 0 Å². The molecule has 1 aromatic rings. The highest BCUT2D eigenvalue weighted by Gasteiger charge is 2.05. The van der Waals surface area contributed by atoms with Crippen molar-refractivity contribution in [1.29, 1.82) is 5.53 Å². The molecule has 0 saturated heterocycles. The topological polar surface area (TPSA) is 132 Å². The fourth-order valence-electron chi connectivity index (χ4n) is 1.14. The number of hydrogen-bond donors (Lipinski definition) is 5. The second-order valence-electron chi connectivity index (χ2n) is 3.17. The highest BCUT2D eigenvalue weighted by molar-refractivity contribution is 5.93. The second kappa shape index (κ2) is 5.56. The number of aryl methyl sites for hydroxylation is 1. The van der Waals surface area contributed by atoms with Crippen LogP contribution < -0.4 is 21.9 Å². The third kappa shape index (κ3) is 3.54. The Morgan fingerprint density at radius 3 is 2.65 bits per heavy atom. The molecule has 0 aromatic heterocycles. The number of anilines is 2. The van der Waals surface area contributed by atoms with Crippen molar-refractivity contribution in [3.05, 3.63) is 23.8 Å². The van der Waals surface area contributed by atoms with Crippen LogP contribution in [0.2, 0.25) is 0 Å². The van der Waals surface area contributed by atoms with Gasteiger partial charge in [-0.25, -0.2) is 15.4 Å². The summed E-state index contributed by atoms with van der Waals surface area (Å²) in [5.41, 5.74) is 10.2. The minimum Gasteiger partial charge on any atom is -0.307 e. The number of carbonyl (C=O) groups excluding carboxylic acids is 2. The van der Waals surface area contributed by atoms with E-state index >= 15 is 0 Å². The van der Waals surface area contributed by atoms with E-state index in [1.54, 1.807) is 19.1 Å². The first-order chi connectivity index (χ1) is 8.06. The Kier molecular flexibility index (Phi) is 4.12. The van der Waals surface area contributed by atoms with E-state index in [0.29, 0.717) is 11.4 Å².